The summed E-state index contributed by atoms with van der Waals surface area (Å²) in [5.74, 6) is 0.128. The molecule has 1 aromatic carbocycles. The van der Waals surface area contributed by atoms with E-state index in [-0.39, 0.29) is 11.7 Å². The molecule has 1 atom stereocenters. The molecule has 0 amide bonds. The molecule has 0 aliphatic rings. The molecule has 0 saturated carbocycles. The van der Waals surface area contributed by atoms with Crippen molar-refractivity contribution in [3.63, 3.8) is 0 Å². The summed E-state index contributed by atoms with van der Waals surface area (Å²) in [5.41, 5.74) is 1.81. The molecule has 1 aromatic heterocycles. The molecule has 0 aliphatic carbocycles. The number of carbonyl (C=O) groups is 1. The molecule has 0 spiro atoms. The van der Waals surface area contributed by atoms with Crippen molar-refractivity contribution in [2.24, 2.45) is 0 Å². The molecule has 3 heteroatoms. The molecule has 1 unspecified atom stereocenters. The van der Waals surface area contributed by atoms with E-state index >= 15 is 0 Å². The first-order chi connectivity index (χ1) is 7.74. The molecule has 0 aliphatic heterocycles. The van der Waals surface area contributed by atoms with Gasteiger partial charge in [-0.1, -0.05) is 32.0 Å². The molecule has 16 heavy (non-hydrogen) atoms. The van der Waals surface area contributed by atoms with Crippen molar-refractivity contribution < 1.29 is 4.79 Å². The molecular weight excluding hydrogens is 200 g/mol. The third-order valence-corrected chi connectivity index (χ3v) is 2.88. The van der Waals surface area contributed by atoms with Crippen molar-refractivity contribution in [1.29, 1.82) is 0 Å². The van der Waals surface area contributed by atoms with Gasteiger partial charge in [-0.15, -0.1) is 0 Å². The fraction of sp³-hybridized carbons (Fsp3) is 0.308. The van der Waals surface area contributed by atoms with Crippen LogP contribution in [0, 0.1) is 0 Å². The minimum Gasteiger partial charge on any atom is -0.299 e. The Hall–Kier alpha value is -1.77. The Morgan fingerprint density at radius 2 is 2.12 bits per heavy atom. The van der Waals surface area contributed by atoms with Gasteiger partial charge in [0.1, 0.15) is 5.78 Å². The van der Waals surface area contributed by atoms with Crippen LogP contribution in [0.2, 0.25) is 0 Å². The van der Waals surface area contributed by atoms with Crippen LogP contribution >= 0.6 is 0 Å². The first-order valence-corrected chi connectivity index (χ1v) is 5.47. The van der Waals surface area contributed by atoms with E-state index in [2.05, 4.69) is 10.2 Å². The van der Waals surface area contributed by atoms with Crippen LogP contribution in [0.5, 0.6) is 0 Å². The van der Waals surface area contributed by atoms with Gasteiger partial charge in [0.25, 0.3) is 0 Å². The van der Waals surface area contributed by atoms with Gasteiger partial charge in [-0.3, -0.25) is 4.79 Å². The Labute approximate surface area is 94.5 Å². The molecule has 3 nitrogen and oxygen atoms in total. The van der Waals surface area contributed by atoms with E-state index in [1.165, 1.54) is 0 Å². The highest BCUT2D eigenvalue weighted by atomic mass is 16.1. The van der Waals surface area contributed by atoms with Crippen molar-refractivity contribution in [1.82, 2.24) is 10.2 Å². The van der Waals surface area contributed by atoms with Crippen LogP contribution < -0.4 is 0 Å². The summed E-state index contributed by atoms with van der Waals surface area (Å²) < 4.78 is 0. The van der Waals surface area contributed by atoms with Crippen LogP contribution in [0.4, 0.5) is 0 Å². The standard InChI is InChI=1S/C13H14N2O/c1-3-13(16)9(2)11-8-14-15-12-7-5-4-6-10(11)12/h4-9H,3H2,1-2H3. The molecule has 0 saturated heterocycles. The van der Waals surface area contributed by atoms with Gasteiger partial charge in [-0.05, 0) is 11.6 Å². The normalized spacial score (nSPS) is 12.6. The van der Waals surface area contributed by atoms with E-state index in [1.807, 2.05) is 38.1 Å². The predicted octanol–water partition coefficient (Wildman–Crippen LogP) is 2.71. The Morgan fingerprint density at radius 3 is 2.88 bits per heavy atom. The molecular formula is C13H14N2O. The Balaban J connectivity index is 2.56. The highest BCUT2D eigenvalue weighted by molar-refractivity contribution is 5.91. The SMILES string of the molecule is CCC(=O)C(C)c1cnnc2ccccc12. The van der Waals surface area contributed by atoms with Gasteiger partial charge in [-0.25, -0.2) is 0 Å². The number of carbonyl (C=O) groups excluding carboxylic acids is 1. The van der Waals surface area contributed by atoms with E-state index < -0.39 is 0 Å². The van der Waals surface area contributed by atoms with Crippen LogP contribution in [0.3, 0.4) is 0 Å². The van der Waals surface area contributed by atoms with Crippen molar-refractivity contribution in [2.45, 2.75) is 26.2 Å². The number of nitrogens with zero attached hydrogens (tertiary/aromatic N) is 2. The average Bonchev–Trinajstić information content (AvgIpc) is 2.36. The smallest absolute Gasteiger partial charge is 0.139 e. The fourth-order valence-electron chi connectivity index (χ4n) is 1.85. The van der Waals surface area contributed by atoms with Gasteiger partial charge in [0.2, 0.25) is 0 Å². The summed E-state index contributed by atoms with van der Waals surface area (Å²) >= 11 is 0. The molecule has 2 aromatic rings. The van der Waals surface area contributed by atoms with Crippen LogP contribution in [0.25, 0.3) is 10.9 Å². The summed E-state index contributed by atoms with van der Waals surface area (Å²) in [6.45, 7) is 3.81. The lowest BCUT2D eigenvalue weighted by molar-refractivity contribution is -0.119. The van der Waals surface area contributed by atoms with E-state index in [1.54, 1.807) is 6.20 Å². The van der Waals surface area contributed by atoms with E-state index in [9.17, 15) is 4.79 Å². The molecule has 0 radical (unpaired) electrons. The monoisotopic (exact) mass is 214 g/mol. The Morgan fingerprint density at radius 1 is 1.38 bits per heavy atom. The summed E-state index contributed by atoms with van der Waals surface area (Å²) in [5, 5.41) is 9.02. The Kier molecular flexibility index (Phi) is 2.95. The summed E-state index contributed by atoms with van der Waals surface area (Å²) in [7, 11) is 0. The van der Waals surface area contributed by atoms with E-state index in [0.717, 1.165) is 16.5 Å². The molecule has 0 bridgehead atoms. The minimum atomic E-state index is -0.106. The number of ketones is 1. The fourth-order valence-corrected chi connectivity index (χ4v) is 1.85. The molecule has 2 rings (SSSR count). The maximum atomic E-state index is 11.7. The quantitative estimate of drug-likeness (QED) is 0.789. The lowest BCUT2D eigenvalue weighted by Crippen LogP contribution is -2.08. The Bertz CT molecular complexity index is 517. The molecule has 0 N–H and O–H groups in total. The third-order valence-electron chi connectivity index (χ3n) is 2.88. The predicted molar refractivity (Wildman–Crippen MR) is 63.3 cm³/mol. The van der Waals surface area contributed by atoms with Gasteiger partial charge >= 0.3 is 0 Å². The largest absolute Gasteiger partial charge is 0.299 e. The molecule has 1 heterocycles. The highest BCUT2D eigenvalue weighted by Gasteiger charge is 2.16. The summed E-state index contributed by atoms with van der Waals surface area (Å²) in [6.07, 6.45) is 2.25. The second-order valence-corrected chi connectivity index (χ2v) is 3.86. The van der Waals surface area contributed by atoms with Crippen LogP contribution in [0.1, 0.15) is 31.7 Å². The number of fused-ring (bicyclic) bond motifs is 1. The van der Waals surface area contributed by atoms with Crippen LogP contribution in [0.15, 0.2) is 30.5 Å². The van der Waals surface area contributed by atoms with Crippen LogP contribution in [-0.4, -0.2) is 16.0 Å². The van der Waals surface area contributed by atoms with E-state index in [4.69, 9.17) is 0 Å². The summed E-state index contributed by atoms with van der Waals surface area (Å²) in [4.78, 5) is 11.7. The van der Waals surface area contributed by atoms with Crippen molar-refractivity contribution >= 4 is 16.7 Å². The molecule has 82 valence electrons. The minimum absolute atomic E-state index is 0.106. The number of aromatic nitrogens is 2. The lowest BCUT2D eigenvalue weighted by Gasteiger charge is -2.11. The number of benzene rings is 1. The third kappa shape index (κ3) is 1.81. The number of hydrogen-bond donors (Lipinski definition) is 0. The van der Waals surface area contributed by atoms with Crippen molar-refractivity contribution in [3.05, 3.63) is 36.0 Å². The first kappa shape index (κ1) is 10.7. The van der Waals surface area contributed by atoms with Crippen molar-refractivity contribution in [3.8, 4) is 0 Å². The van der Waals surface area contributed by atoms with Crippen molar-refractivity contribution in [2.75, 3.05) is 0 Å². The zero-order valence-corrected chi connectivity index (χ0v) is 9.47. The number of hydrogen-bond acceptors (Lipinski definition) is 3. The average molecular weight is 214 g/mol. The van der Waals surface area contributed by atoms with Gasteiger partial charge in [0, 0.05) is 17.7 Å². The highest BCUT2D eigenvalue weighted by Crippen LogP contribution is 2.24. The summed E-state index contributed by atoms with van der Waals surface area (Å²) in [6, 6.07) is 7.78. The van der Waals surface area contributed by atoms with Gasteiger partial charge in [0.05, 0.1) is 11.7 Å². The number of Topliss-reactive ketones (excluding diaryl/α,β-unsaturated/α-hetero) is 1. The topological polar surface area (TPSA) is 42.9 Å². The van der Waals surface area contributed by atoms with Gasteiger partial charge < -0.3 is 0 Å². The van der Waals surface area contributed by atoms with Gasteiger partial charge in [-0.2, -0.15) is 10.2 Å². The lowest BCUT2D eigenvalue weighted by atomic mass is 9.94. The second-order valence-electron chi connectivity index (χ2n) is 3.86. The zero-order chi connectivity index (χ0) is 11.5. The van der Waals surface area contributed by atoms with Gasteiger partial charge in [0.15, 0.2) is 0 Å². The first-order valence-electron chi connectivity index (χ1n) is 5.47. The maximum absolute atomic E-state index is 11.7. The van der Waals surface area contributed by atoms with E-state index in [0.29, 0.717) is 6.42 Å². The number of rotatable bonds is 3. The zero-order valence-electron chi connectivity index (χ0n) is 9.47. The molecule has 0 fully saturated rings. The van der Waals surface area contributed by atoms with Crippen LogP contribution in [-0.2, 0) is 4.79 Å². The second kappa shape index (κ2) is 4.39. The maximum Gasteiger partial charge on any atom is 0.139 e.